The Morgan fingerprint density at radius 1 is 1.29 bits per heavy atom. The lowest BCUT2D eigenvalue weighted by Crippen LogP contribution is -2.48. The molecular weight excluding hydrogens is 220 g/mol. The third-order valence-corrected chi connectivity index (χ3v) is 3.28. The molecule has 98 valence electrons. The second kappa shape index (κ2) is 5.52. The molecule has 0 heterocycles. The van der Waals surface area contributed by atoms with Crippen LogP contribution in [-0.4, -0.2) is 24.1 Å². The molecule has 17 heavy (non-hydrogen) atoms. The lowest BCUT2D eigenvalue weighted by Gasteiger charge is -2.42. The molecule has 0 aliphatic heterocycles. The van der Waals surface area contributed by atoms with Gasteiger partial charge in [-0.05, 0) is 19.3 Å². The van der Waals surface area contributed by atoms with Gasteiger partial charge in [-0.3, -0.25) is 9.59 Å². The Morgan fingerprint density at radius 2 is 1.94 bits per heavy atom. The summed E-state index contributed by atoms with van der Waals surface area (Å²) < 4.78 is 10.7. The van der Waals surface area contributed by atoms with Crippen LogP contribution in [0.4, 0.5) is 0 Å². The van der Waals surface area contributed by atoms with E-state index in [1.165, 1.54) is 6.92 Å². The molecule has 1 rings (SSSR count). The molecule has 0 N–H and O–H groups in total. The minimum Gasteiger partial charge on any atom is -0.459 e. The number of ether oxygens (including phenoxy) is 2. The molecule has 0 amide bonds. The van der Waals surface area contributed by atoms with Gasteiger partial charge in [0.15, 0.2) is 0 Å². The summed E-state index contributed by atoms with van der Waals surface area (Å²) >= 11 is 0. The zero-order valence-electron chi connectivity index (χ0n) is 11.1. The highest BCUT2D eigenvalue weighted by Gasteiger charge is 2.43. The molecule has 0 aromatic heterocycles. The maximum absolute atomic E-state index is 11.4. The van der Waals surface area contributed by atoms with Crippen molar-refractivity contribution >= 4 is 11.9 Å². The standard InChI is InChI=1S/C13H22O4/c1-5-11(15)17-12-10(16-9(2)14)7-6-8-13(12,3)4/h10,12H,5-8H2,1-4H3. The molecule has 1 saturated carbocycles. The molecule has 1 aliphatic rings. The third kappa shape index (κ3) is 3.72. The van der Waals surface area contributed by atoms with E-state index in [2.05, 4.69) is 13.8 Å². The van der Waals surface area contributed by atoms with Crippen molar-refractivity contribution in [2.75, 3.05) is 0 Å². The van der Waals surface area contributed by atoms with Gasteiger partial charge in [-0.25, -0.2) is 0 Å². The highest BCUT2D eigenvalue weighted by Crippen LogP contribution is 2.39. The van der Waals surface area contributed by atoms with Crippen LogP contribution in [0.5, 0.6) is 0 Å². The van der Waals surface area contributed by atoms with Crippen molar-refractivity contribution in [3.63, 3.8) is 0 Å². The fourth-order valence-corrected chi connectivity index (χ4v) is 2.35. The number of rotatable bonds is 3. The smallest absolute Gasteiger partial charge is 0.305 e. The quantitative estimate of drug-likeness (QED) is 0.713. The summed E-state index contributed by atoms with van der Waals surface area (Å²) in [5, 5.41) is 0. The van der Waals surface area contributed by atoms with Gasteiger partial charge in [-0.2, -0.15) is 0 Å². The van der Waals surface area contributed by atoms with Crippen LogP contribution in [-0.2, 0) is 19.1 Å². The van der Waals surface area contributed by atoms with E-state index in [1.54, 1.807) is 6.92 Å². The SMILES string of the molecule is CCC(=O)OC1C(OC(C)=O)CCCC1(C)C. The van der Waals surface area contributed by atoms with Gasteiger partial charge in [-0.15, -0.1) is 0 Å². The van der Waals surface area contributed by atoms with Crippen molar-refractivity contribution in [3.05, 3.63) is 0 Å². The van der Waals surface area contributed by atoms with E-state index in [1.807, 2.05) is 0 Å². The number of hydrogen-bond donors (Lipinski definition) is 0. The maximum Gasteiger partial charge on any atom is 0.305 e. The molecule has 0 spiro atoms. The van der Waals surface area contributed by atoms with Gasteiger partial charge >= 0.3 is 11.9 Å². The first-order chi connectivity index (χ1) is 7.86. The largest absolute Gasteiger partial charge is 0.459 e. The fraction of sp³-hybridized carbons (Fsp3) is 0.846. The molecule has 1 fully saturated rings. The molecule has 0 saturated heterocycles. The zero-order chi connectivity index (χ0) is 13.1. The minimum atomic E-state index is -0.326. The number of hydrogen-bond acceptors (Lipinski definition) is 4. The molecule has 0 bridgehead atoms. The Kier molecular flexibility index (Phi) is 4.54. The van der Waals surface area contributed by atoms with Gasteiger partial charge in [0.1, 0.15) is 12.2 Å². The molecule has 0 radical (unpaired) electrons. The molecule has 1 aliphatic carbocycles. The van der Waals surface area contributed by atoms with E-state index in [0.29, 0.717) is 6.42 Å². The maximum atomic E-state index is 11.4. The van der Waals surface area contributed by atoms with Crippen molar-refractivity contribution < 1.29 is 19.1 Å². The van der Waals surface area contributed by atoms with Gasteiger partial charge in [-0.1, -0.05) is 20.8 Å². The average molecular weight is 242 g/mol. The summed E-state index contributed by atoms with van der Waals surface area (Å²) in [6.07, 6.45) is 2.46. The van der Waals surface area contributed by atoms with Crippen molar-refractivity contribution in [2.45, 2.75) is 65.6 Å². The van der Waals surface area contributed by atoms with Crippen LogP contribution in [0.15, 0.2) is 0 Å². The number of esters is 2. The lowest BCUT2D eigenvalue weighted by molar-refractivity contribution is -0.183. The zero-order valence-corrected chi connectivity index (χ0v) is 11.1. The molecule has 2 unspecified atom stereocenters. The Hall–Kier alpha value is -1.06. The van der Waals surface area contributed by atoms with E-state index in [9.17, 15) is 9.59 Å². The Labute approximate surface area is 103 Å². The lowest BCUT2D eigenvalue weighted by atomic mass is 9.73. The van der Waals surface area contributed by atoms with Gasteiger partial charge in [0.25, 0.3) is 0 Å². The first kappa shape index (κ1) is 14.0. The first-order valence-corrected chi connectivity index (χ1v) is 6.23. The summed E-state index contributed by atoms with van der Waals surface area (Å²) in [6.45, 7) is 7.26. The van der Waals surface area contributed by atoms with E-state index in [0.717, 1.165) is 19.3 Å². The monoisotopic (exact) mass is 242 g/mol. The van der Waals surface area contributed by atoms with Crippen LogP contribution >= 0.6 is 0 Å². The Bertz CT molecular complexity index is 296. The molecule has 0 aromatic carbocycles. The molecule has 2 atom stereocenters. The predicted molar refractivity (Wildman–Crippen MR) is 63.4 cm³/mol. The average Bonchev–Trinajstić information content (AvgIpc) is 2.21. The minimum absolute atomic E-state index is 0.136. The van der Waals surface area contributed by atoms with Crippen LogP contribution in [0.25, 0.3) is 0 Å². The Morgan fingerprint density at radius 3 is 2.47 bits per heavy atom. The molecule has 0 aromatic rings. The fourth-order valence-electron chi connectivity index (χ4n) is 2.35. The number of carbonyl (C=O) groups is 2. The van der Waals surface area contributed by atoms with Crippen molar-refractivity contribution in [1.82, 2.24) is 0 Å². The van der Waals surface area contributed by atoms with Crippen molar-refractivity contribution in [1.29, 1.82) is 0 Å². The van der Waals surface area contributed by atoms with E-state index in [-0.39, 0.29) is 29.6 Å². The topological polar surface area (TPSA) is 52.6 Å². The highest BCUT2D eigenvalue weighted by atomic mass is 16.6. The van der Waals surface area contributed by atoms with E-state index >= 15 is 0 Å². The molecule has 4 nitrogen and oxygen atoms in total. The summed E-state index contributed by atoms with van der Waals surface area (Å²) in [5.41, 5.74) is -0.136. The van der Waals surface area contributed by atoms with Crippen molar-refractivity contribution in [3.8, 4) is 0 Å². The van der Waals surface area contributed by atoms with Crippen molar-refractivity contribution in [2.24, 2.45) is 5.41 Å². The van der Waals surface area contributed by atoms with Crippen LogP contribution < -0.4 is 0 Å². The van der Waals surface area contributed by atoms with Crippen LogP contribution in [0.1, 0.15) is 53.4 Å². The van der Waals surface area contributed by atoms with E-state index < -0.39 is 0 Å². The second-order valence-electron chi connectivity index (χ2n) is 5.29. The summed E-state index contributed by atoms with van der Waals surface area (Å²) in [6, 6.07) is 0. The van der Waals surface area contributed by atoms with Crippen LogP contribution in [0.3, 0.4) is 0 Å². The van der Waals surface area contributed by atoms with Gasteiger partial charge in [0.2, 0.25) is 0 Å². The Balaban J connectivity index is 2.78. The molecule has 4 heteroatoms. The van der Waals surface area contributed by atoms with Gasteiger partial charge in [0.05, 0.1) is 0 Å². The summed E-state index contributed by atoms with van der Waals surface area (Å²) in [4.78, 5) is 22.5. The van der Waals surface area contributed by atoms with E-state index in [4.69, 9.17) is 9.47 Å². The number of carbonyl (C=O) groups excluding carboxylic acids is 2. The predicted octanol–water partition coefficient (Wildman–Crippen LogP) is 2.45. The van der Waals surface area contributed by atoms with Gasteiger partial charge < -0.3 is 9.47 Å². The third-order valence-electron chi connectivity index (χ3n) is 3.28. The van der Waals surface area contributed by atoms with Gasteiger partial charge in [0, 0.05) is 18.8 Å². The normalized spacial score (nSPS) is 27.3. The van der Waals surface area contributed by atoms with Crippen LogP contribution in [0, 0.1) is 5.41 Å². The van der Waals surface area contributed by atoms with Crippen LogP contribution in [0.2, 0.25) is 0 Å². The highest BCUT2D eigenvalue weighted by molar-refractivity contribution is 5.69. The summed E-state index contributed by atoms with van der Waals surface area (Å²) in [5.74, 6) is -0.549. The first-order valence-electron chi connectivity index (χ1n) is 6.23. The summed E-state index contributed by atoms with van der Waals surface area (Å²) in [7, 11) is 0. The second-order valence-corrected chi connectivity index (χ2v) is 5.29. The molecular formula is C13H22O4.